The summed E-state index contributed by atoms with van der Waals surface area (Å²) in [6, 6.07) is 5.23. The SMILES string of the molecule is C=CCOc1ccc(/C=C/C(=O)N(CC(=O)OCC)C(C)C)cc1OC. The van der Waals surface area contributed by atoms with E-state index in [0.29, 0.717) is 18.1 Å². The Bertz CT molecular complexity index is 652. The third-order valence-electron chi connectivity index (χ3n) is 3.47. The van der Waals surface area contributed by atoms with Gasteiger partial charge in [0.05, 0.1) is 13.7 Å². The number of hydrogen-bond donors (Lipinski definition) is 0. The van der Waals surface area contributed by atoms with Crippen LogP contribution in [0.3, 0.4) is 0 Å². The highest BCUT2D eigenvalue weighted by Crippen LogP contribution is 2.28. The third-order valence-corrected chi connectivity index (χ3v) is 3.47. The summed E-state index contributed by atoms with van der Waals surface area (Å²) < 4.78 is 15.7. The highest BCUT2D eigenvalue weighted by molar-refractivity contribution is 5.94. The molecular formula is C20H27NO5. The van der Waals surface area contributed by atoms with Crippen molar-refractivity contribution in [2.45, 2.75) is 26.8 Å². The van der Waals surface area contributed by atoms with Crippen LogP contribution in [-0.2, 0) is 14.3 Å². The molecule has 0 fully saturated rings. The molecule has 0 spiro atoms. The largest absolute Gasteiger partial charge is 0.493 e. The van der Waals surface area contributed by atoms with Gasteiger partial charge in [0.25, 0.3) is 0 Å². The Labute approximate surface area is 155 Å². The molecule has 0 aliphatic carbocycles. The van der Waals surface area contributed by atoms with Gasteiger partial charge in [-0.3, -0.25) is 9.59 Å². The Balaban J connectivity index is 2.87. The van der Waals surface area contributed by atoms with Gasteiger partial charge in [0.15, 0.2) is 11.5 Å². The van der Waals surface area contributed by atoms with Crippen molar-refractivity contribution in [3.05, 3.63) is 42.5 Å². The first-order valence-corrected chi connectivity index (χ1v) is 8.48. The Morgan fingerprint density at radius 1 is 1.27 bits per heavy atom. The first-order valence-electron chi connectivity index (χ1n) is 8.48. The molecule has 0 N–H and O–H groups in total. The summed E-state index contributed by atoms with van der Waals surface area (Å²) in [5.74, 6) is 0.475. The molecule has 142 valence electrons. The Morgan fingerprint density at radius 2 is 2.00 bits per heavy atom. The van der Waals surface area contributed by atoms with E-state index in [1.807, 2.05) is 19.9 Å². The van der Waals surface area contributed by atoms with Crippen molar-refractivity contribution >= 4 is 18.0 Å². The molecule has 26 heavy (non-hydrogen) atoms. The zero-order chi connectivity index (χ0) is 19.5. The molecule has 6 heteroatoms. The standard InChI is InChI=1S/C20H27NO5/c1-6-12-26-17-10-8-16(13-18(17)24-5)9-11-19(22)21(15(3)4)14-20(23)25-7-2/h6,8-11,13,15H,1,7,12,14H2,2-5H3/b11-9+. The van der Waals surface area contributed by atoms with Gasteiger partial charge in [-0.1, -0.05) is 18.7 Å². The van der Waals surface area contributed by atoms with E-state index in [-0.39, 0.29) is 25.1 Å². The molecule has 0 aromatic heterocycles. The van der Waals surface area contributed by atoms with Crippen molar-refractivity contribution in [2.75, 3.05) is 26.9 Å². The third kappa shape index (κ3) is 6.63. The molecule has 0 heterocycles. The molecule has 0 radical (unpaired) electrons. The van der Waals surface area contributed by atoms with Crippen molar-refractivity contribution in [1.29, 1.82) is 0 Å². The molecule has 0 aliphatic rings. The summed E-state index contributed by atoms with van der Waals surface area (Å²) in [5.41, 5.74) is 0.779. The number of benzene rings is 1. The molecule has 1 rings (SSSR count). The predicted octanol–water partition coefficient (Wildman–Crippen LogP) is 3.07. The zero-order valence-corrected chi connectivity index (χ0v) is 15.9. The maximum absolute atomic E-state index is 12.4. The first kappa shape index (κ1) is 21.3. The molecule has 0 bridgehead atoms. The number of ether oxygens (including phenoxy) is 3. The van der Waals surface area contributed by atoms with Crippen LogP contribution >= 0.6 is 0 Å². The molecule has 0 saturated heterocycles. The maximum atomic E-state index is 12.4. The summed E-state index contributed by atoms with van der Waals surface area (Å²) in [5, 5.41) is 0. The van der Waals surface area contributed by atoms with Gasteiger partial charge < -0.3 is 19.1 Å². The Morgan fingerprint density at radius 3 is 2.58 bits per heavy atom. The second-order valence-corrected chi connectivity index (χ2v) is 5.71. The molecule has 6 nitrogen and oxygen atoms in total. The van der Waals surface area contributed by atoms with Gasteiger partial charge in [-0.05, 0) is 44.5 Å². The van der Waals surface area contributed by atoms with Crippen molar-refractivity contribution in [3.8, 4) is 11.5 Å². The lowest BCUT2D eigenvalue weighted by atomic mass is 10.1. The molecule has 0 aliphatic heterocycles. The summed E-state index contributed by atoms with van der Waals surface area (Å²) in [4.78, 5) is 25.5. The van der Waals surface area contributed by atoms with Gasteiger partial charge in [0, 0.05) is 12.1 Å². The Kier molecular flexibility index (Phi) is 8.98. The molecular weight excluding hydrogens is 334 g/mol. The molecule has 1 aromatic carbocycles. The molecule has 1 amide bonds. The van der Waals surface area contributed by atoms with Gasteiger partial charge in [-0.2, -0.15) is 0 Å². The fourth-order valence-electron chi connectivity index (χ4n) is 2.18. The lowest BCUT2D eigenvalue weighted by Crippen LogP contribution is -2.40. The second-order valence-electron chi connectivity index (χ2n) is 5.71. The van der Waals surface area contributed by atoms with Crippen molar-refractivity contribution in [3.63, 3.8) is 0 Å². The highest BCUT2D eigenvalue weighted by Gasteiger charge is 2.18. The number of carbonyl (C=O) groups excluding carboxylic acids is 2. The van der Waals surface area contributed by atoms with Gasteiger partial charge >= 0.3 is 5.97 Å². The number of rotatable bonds is 10. The van der Waals surface area contributed by atoms with Gasteiger partial charge in [0.2, 0.25) is 5.91 Å². The van der Waals surface area contributed by atoms with E-state index in [1.54, 1.807) is 38.3 Å². The van der Waals surface area contributed by atoms with Crippen LogP contribution in [0.2, 0.25) is 0 Å². The summed E-state index contributed by atoms with van der Waals surface area (Å²) in [7, 11) is 1.55. The van der Waals surface area contributed by atoms with Crippen LogP contribution in [0.4, 0.5) is 0 Å². The van der Waals surface area contributed by atoms with Crippen LogP contribution in [0, 0.1) is 0 Å². The minimum absolute atomic E-state index is 0.0771. The zero-order valence-electron chi connectivity index (χ0n) is 15.9. The number of esters is 1. The highest BCUT2D eigenvalue weighted by atomic mass is 16.5. The lowest BCUT2D eigenvalue weighted by Gasteiger charge is -2.24. The van der Waals surface area contributed by atoms with E-state index in [4.69, 9.17) is 14.2 Å². The van der Waals surface area contributed by atoms with E-state index in [9.17, 15) is 9.59 Å². The van der Waals surface area contributed by atoms with Crippen molar-refractivity contribution in [2.24, 2.45) is 0 Å². The van der Waals surface area contributed by atoms with E-state index >= 15 is 0 Å². The number of nitrogens with zero attached hydrogens (tertiary/aromatic N) is 1. The second kappa shape index (κ2) is 11.0. The maximum Gasteiger partial charge on any atom is 0.325 e. The lowest BCUT2D eigenvalue weighted by molar-refractivity contribution is -0.148. The molecule has 1 aromatic rings. The normalized spacial score (nSPS) is 10.7. The van der Waals surface area contributed by atoms with Gasteiger partial charge in [-0.15, -0.1) is 0 Å². The summed E-state index contributed by atoms with van der Waals surface area (Å²) >= 11 is 0. The van der Waals surface area contributed by atoms with E-state index in [0.717, 1.165) is 5.56 Å². The van der Waals surface area contributed by atoms with Gasteiger partial charge in [-0.25, -0.2) is 0 Å². The topological polar surface area (TPSA) is 65.1 Å². The van der Waals surface area contributed by atoms with E-state index in [2.05, 4.69) is 6.58 Å². The number of hydrogen-bond acceptors (Lipinski definition) is 5. The van der Waals surface area contributed by atoms with Gasteiger partial charge in [0.1, 0.15) is 13.2 Å². The number of methoxy groups -OCH3 is 1. The monoisotopic (exact) mass is 361 g/mol. The minimum atomic E-state index is -0.423. The summed E-state index contributed by atoms with van der Waals surface area (Å²) in [6.07, 6.45) is 4.75. The van der Waals surface area contributed by atoms with Crippen LogP contribution in [-0.4, -0.2) is 49.7 Å². The number of carbonyl (C=O) groups is 2. The van der Waals surface area contributed by atoms with Crippen LogP contribution < -0.4 is 9.47 Å². The predicted molar refractivity (Wildman–Crippen MR) is 101 cm³/mol. The molecule has 0 saturated carbocycles. The minimum Gasteiger partial charge on any atom is -0.493 e. The first-order chi connectivity index (χ1) is 12.4. The van der Waals surface area contributed by atoms with Crippen LogP contribution in [0.1, 0.15) is 26.3 Å². The van der Waals surface area contributed by atoms with E-state index in [1.165, 1.54) is 11.0 Å². The molecule has 0 unspecified atom stereocenters. The van der Waals surface area contributed by atoms with Crippen LogP contribution in [0.25, 0.3) is 6.08 Å². The average Bonchev–Trinajstić information content (AvgIpc) is 2.62. The smallest absolute Gasteiger partial charge is 0.325 e. The average molecular weight is 361 g/mol. The fraction of sp³-hybridized carbons (Fsp3) is 0.400. The van der Waals surface area contributed by atoms with Crippen LogP contribution in [0.15, 0.2) is 36.9 Å². The van der Waals surface area contributed by atoms with E-state index < -0.39 is 5.97 Å². The molecule has 0 atom stereocenters. The van der Waals surface area contributed by atoms with Crippen molar-refractivity contribution in [1.82, 2.24) is 4.90 Å². The summed E-state index contributed by atoms with van der Waals surface area (Å²) in [6.45, 7) is 9.62. The quantitative estimate of drug-likeness (QED) is 0.364. The van der Waals surface area contributed by atoms with Crippen LogP contribution in [0.5, 0.6) is 11.5 Å². The Hall–Kier alpha value is -2.76. The fourth-order valence-corrected chi connectivity index (χ4v) is 2.18. The van der Waals surface area contributed by atoms with Crippen molar-refractivity contribution < 1.29 is 23.8 Å². The number of amides is 1.